The summed E-state index contributed by atoms with van der Waals surface area (Å²) in [7, 11) is 0. The van der Waals surface area contributed by atoms with Gasteiger partial charge in [0.25, 0.3) is 5.91 Å². The molecule has 0 aromatic carbocycles. The number of carbonyl (C=O) groups is 1. The van der Waals surface area contributed by atoms with E-state index >= 15 is 0 Å². The molecule has 0 spiro atoms. The van der Waals surface area contributed by atoms with E-state index in [0.29, 0.717) is 5.56 Å². The molecule has 0 fully saturated rings. The van der Waals surface area contributed by atoms with Gasteiger partial charge in [-0.1, -0.05) is 0 Å². The summed E-state index contributed by atoms with van der Waals surface area (Å²) in [5.74, 6) is -0.147. The molecule has 7 heteroatoms. The fourth-order valence-electron chi connectivity index (χ4n) is 0.969. The van der Waals surface area contributed by atoms with Gasteiger partial charge in [-0.15, -0.1) is 10.2 Å². The summed E-state index contributed by atoms with van der Waals surface area (Å²) in [6.07, 6.45) is 4.56. The average Bonchev–Trinajstić information content (AvgIpc) is 2.77. The van der Waals surface area contributed by atoms with Crippen molar-refractivity contribution in [3.8, 4) is 0 Å². The maximum Gasteiger partial charge on any atom is 0.271 e. The maximum atomic E-state index is 11.5. The van der Waals surface area contributed by atoms with E-state index in [-0.39, 0.29) is 11.9 Å². The molecule has 0 aliphatic heterocycles. The zero-order chi connectivity index (χ0) is 9.97. The zero-order valence-electron chi connectivity index (χ0n) is 7.14. The standard InChI is InChI=1S/C7H8N6O/c8-7-11-10-4-13(7)12-6(14)5-1-2-9-3-5/h1-4,9H,(H2,8,11)(H,12,14). The molecule has 2 aromatic heterocycles. The molecule has 4 N–H and O–H groups in total. The molecule has 0 unspecified atom stereocenters. The molecular weight excluding hydrogens is 184 g/mol. The summed E-state index contributed by atoms with van der Waals surface area (Å²) in [6, 6.07) is 1.65. The molecule has 0 bridgehead atoms. The molecule has 72 valence electrons. The fraction of sp³-hybridized carbons (Fsp3) is 0. The molecule has 7 nitrogen and oxygen atoms in total. The minimum Gasteiger partial charge on any atom is -0.367 e. The average molecular weight is 192 g/mol. The van der Waals surface area contributed by atoms with Gasteiger partial charge in [0.2, 0.25) is 5.95 Å². The first-order valence-corrected chi connectivity index (χ1v) is 3.87. The van der Waals surface area contributed by atoms with E-state index in [9.17, 15) is 4.79 Å². The second-order valence-corrected chi connectivity index (χ2v) is 2.60. The maximum absolute atomic E-state index is 11.5. The number of nitrogen functional groups attached to an aromatic ring is 1. The molecule has 2 heterocycles. The smallest absolute Gasteiger partial charge is 0.271 e. The van der Waals surface area contributed by atoms with Crippen LogP contribution in [0.15, 0.2) is 24.8 Å². The molecule has 0 atom stereocenters. The lowest BCUT2D eigenvalue weighted by atomic mass is 10.3. The lowest BCUT2D eigenvalue weighted by Gasteiger charge is -2.03. The number of H-pyrrole nitrogens is 1. The molecule has 14 heavy (non-hydrogen) atoms. The molecule has 2 aromatic rings. The van der Waals surface area contributed by atoms with Gasteiger partial charge >= 0.3 is 0 Å². The van der Waals surface area contributed by atoms with Gasteiger partial charge in [0, 0.05) is 12.4 Å². The highest BCUT2D eigenvalue weighted by atomic mass is 16.2. The van der Waals surface area contributed by atoms with E-state index in [1.165, 1.54) is 11.0 Å². The summed E-state index contributed by atoms with van der Waals surface area (Å²) in [6.45, 7) is 0. The minimum absolute atomic E-state index is 0.133. The van der Waals surface area contributed by atoms with Crippen LogP contribution in [0.2, 0.25) is 0 Å². The second kappa shape index (κ2) is 3.21. The molecule has 0 saturated heterocycles. The van der Waals surface area contributed by atoms with Crippen LogP contribution in [0.1, 0.15) is 10.4 Å². The number of hydrogen-bond acceptors (Lipinski definition) is 4. The van der Waals surface area contributed by atoms with Crippen molar-refractivity contribution in [2.45, 2.75) is 0 Å². The van der Waals surface area contributed by atoms with Crippen molar-refractivity contribution in [1.29, 1.82) is 0 Å². The SMILES string of the molecule is Nc1nncn1NC(=O)c1cc[nH]c1. The van der Waals surface area contributed by atoms with Gasteiger partial charge in [-0.05, 0) is 6.07 Å². The largest absolute Gasteiger partial charge is 0.367 e. The summed E-state index contributed by atoms with van der Waals surface area (Å²) in [5, 5.41) is 7.04. The van der Waals surface area contributed by atoms with Gasteiger partial charge in [-0.3, -0.25) is 10.2 Å². The monoisotopic (exact) mass is 192 g/mol. The quantitative estimate of drug-likeness (QED) is 0.601. The molecule has 1 amide bonds. The van der Waals surface area contributed by atoms with Crippen LogP contribution in [0.25, 0.3) is 0 Å². The van der Waals surface area contributed by atoms with Crippen molar-refractivity contribution >= 4 is 11.9 Å². The Morgan fingerprint density at radius 1 is 1.64 bits per heavy atom. The number of hydrogen-bond donors (Lipinski definition) is 3. The van der Waals surface area contributed by atoms with Crippen molar-refractivity contribution in [2.24, 2.45) is 0 Å². The molecule has 0 saturated carbocycles. The Bertz CT molecular complexity index is 431. The van der Waals surface area contributed by atoms with Gasteiger partial charge in [-0.25, -0.2) is 4.68 Å². The number of aromatic amines is 1. The summed E-state index contributed by atoms with van der Waals surface area (Å²) < 4.78 is 1.25. The highest BCUT2D eigenvalue weighted by Gasteiger charge is 2.07. The molecular formula is C7H8N6O. The van der Waals surface area contributed by atoms with Crippen LogP contribution in [0, 0.1) is 0 Å². The Morgan fingerprint density at radius 2 is 2.50 bits per heavy atom. The van der Waals surface area contributed by atoms with Crippen LogP contribution in [-0.2, 0) is 0 Å². The van der Waals surface area contributed by atoms with Crippen LogP contribution >= 0.6 is 0 Å². The van der Waals surface area contributed by atoms with Gasteiger partial charge in [0.05, 0.1) is 5.56 Å². The number of aromatic nitrogens is 4. The van der Waals surface area contributed by atoms with E-state index < -0.39 is 0 Å². The third kappa shape index (κ3) is 1.42. The first-order valence-electron chi connectivity index (χ1n) is 3.87. The normalized spacial score (nSPS) is 10.0. The van der Waals surface area contributed by atoms with Crippen molar-refractivity contribution in [3.05, 3.63) is 30.4 Å². The van der Waals surface area contributed by atoms with Gasteiger partial charge in [-0.2, -0.15) is 0 Å². The van der Waals surface area contributed by atoms with E-state index in [1.54, 1.807) is 18.5 Å². The highest BCUT2D eigenvalue weighted by Crippen LogP contribution is 1.98. The lowest BCUT2D eigenvalue weighted by Crippen LogP contribution is -2.23. The molecule has 0 aliphatic carbocycles. The first-order chi connectivity index (χ1) is 6.77. The number of nitrogens with one attached hydrogen (secondary N) is 2. The zero-order valence-corrected chi connectivity index (χ0v) is 7.14. The van der Waals surface area contributed by atoms with Crippen LogP contribution < -0.4 is 11.2 Å². The lowest BCUT2D eigenvalue weighted by molar-refractivity contribution is 0.101. The number of rotatable bonds is 2. The number of nitrogens with two attached hydrogens (primary N) is 1. The molecule has 0 aliphatic rings. The Kier molecular flexibility index (Phi) is 1.90. The Labute approximate surface area is 78.9 Å². The molecule has 0 radical (unpaired) electrons. The number of carbonyl (C=O) groups excluding carboxylic acids is 1. The third-order valence-corrected chi connectivity index (χ3v) is 1.66. The number of anilines is 1. The van der Waals surface area contributed by atoms with E-state index in [4.69, 9.17) is 5.73 Å². The first kappa shape index (κ1) is 8.30. The van der Waals surface area contributed by atoms with Crippen molar-refractivity contribution in [1.82, 2.24) is 19.9 Å². The summed E-state index contributed by atoms with van der Waals surface area (Å²) in [5.41, 5.74) is 8.42. The van der Waals surface area contributed by atoms with Crippen LogP contribution in [0.3, 0.4) is 0 Å². The van der Waals surface area contributed by atoms with Crippen molar-refractivity contribution in [2.75, 3.05) is 11.2 Å². The van der Waals surface area contributed by atoms with Crippen LogP contribution in [-0.4, -0.2) is 25.8 Å². The van der Waals surface area contributed by atoms with Crippen molar-refractivity contribution < 1.29 is 4.79 Å². The Balaban J connectivity index is 2.13. The fourth-order valence-corrected chi connectivity index (χ4v) is 0.969. The van der Waals surface area contributed by atoms with E-state index in [2.05, 4.69) is 20.6 Å². The topological polar surface area (TPSA) is 102 Å². The summed E-state index contributed by atoms with van der Waals surface area (Å²) in [4.78, 5) is 14.2. The third-order valence-electron chi connectivity index (χ3n) is 1.66. The van der Waals surface area contributed by atoms with E-state index in [0.717, 1.165) is 0 Å². The van der Waals surface area contributed by atoms with Crippen LogP contribution in [0.4, 0.5) is 5.95 Å². The minimum atomic E-state index is -0.280. The second-order valence-electron chi connectivity index (χ2n) is 2.60. The van der Waals surface area contributed by atoms with E-state index in [1.807, 2.05) is 0 Å². The Hall–Kier alpha value is -2.31. The number of nitrogens with zero attached hydrogens (tertiary/aromatic N) is 3. The molecule has 2 rings (SSSR count). The predicted molar refractivity (Wildman–Crippen MR) is 48.9 cm³/mol. The number of amides is 1. The highest BCUT2D eigenvalue weighted by molar-refractivity contribution is 5.99. The predicted octanol–water partition coefficient (Wildman–Crippen LogP) is -0.428. The van der Waals surface area contributed by atoms with Gasteiger partial charge in [0.1, 0.15) is 6.33 Å². The van der Waals surface area contributed by atoms with Gasteiger partial charge < -0.3 is 10.7 Å². The van der Waals surface area contributed by atoms with Crippen LogP contribution in [0.5, 0.6) is 0 Å². The summed E-state index contributed by atoms with van der Waals surface area (Å²) >= 11 is 0. The van der Waals surface area contributed by atoms with Gasteiger partial charge in [0.15, 0.2) is 0 Å². The Morgan fingerprint density at radius 3 is 3.07 bits per heavy atom. The van der Waals surface area contributed by atoms with Crippen molar-refractivity contribution in [3.63, 3.8) is 0 Å².